The summed E-state index contributed by atoms with van der Waals surface area (Å²) in [5.74, 6) is 0.520. The fraction of sp³-hybridized carbons (Fsp3) is 0.900. The van der Waals surface area contributed by atoms with Crippen LogP contribution in [0.4, 0.5) is 4.79 Å². The van der Waals surface area contributed by atoms with Crippen molar-refractivity contribution in [2.45, 2.75) is 38.6 Å². The lowest BCUT2D eigenvalue weighted by Gasteiger charge is -2.30. The molecule has 0 aromatic rings. The Labute approximate surface area is 113 Å². The van der Waals surface area contributed by atoms with E-state index in [9.17, 15) is 13.2 Å². The maximum absolute atomic E-state index is 11.7. The van der Waals surface area contributed by atoms with E-state index in [4.69, 9.17) is 11.6 Å². The first-order chi connectivity index (χ1) is 8.48. The zero-order valence-corrected chi connectivity index (χ0v) is 11.9. The monoisotopic (exact) mass is 298 g/mol. The molecule has 2 unspecified atom stereocenters. The van der Waals surface area contributed by atoms with Crippen molar-refractivity contribution in [1.82, 2.24) is 9.44 Å². The first-order valence-corrected chi connectivity index (χ1v) is 8.03. The Morgan fingerprint density at radius 2 is 2.06 bits per heavy atom. The molecule has 18 heavy (non-hydrogen) atoms. The van der Waals surface area contributed by atoms with Crippen LogP contribution in [-0.2, 0) is 14.9 Å². The highest BCUT2D eigenvalue weighted by Crippen LogP contribution is 2.25. The molecular weight excluding hydrogens is 280 g/mol. The van der Waals surface area contributed by atoms with E-state index in [2.05, 4.69) is 9.46 Å². The molecule has 0 bridgehead atoms. The van der Waals surface area contributed by atoms with Crippen LogP contribution in [0.3, 0.4) is 0 Å². The summed E-state index contributed by atoms with van der Waals surface area (Å²) in [6, 6.07) is -0.219. The second-order valence-electron chi connectivity index (χ2n) is 4.25. The molecule has 106 valence electrons. The Morgan fingerprint density at radius 3 is 2.67 bits per heavy atom. The number of nitrogens with one attached hydrogen (secondary N) is 2. The van der Waals surface area contributed by atoms with E-state index in [0.29, 0.717) is 5.88 Å². The Hall–Kier alpha value is -0.530. The highest BCUT2D eigenvalue weighted by molar-refractivity contribution is 7.88. The van der Waals surface area contributed by atoms with Crippen LogP contribution in [0.5, 0.6) is 0 Å². The molecule has 8 heteroatoms. The van der Waals surface area contributed by atoms with Gasteiger partial charge in [0.1, 0.15) is 0 Å². The van der Waals surface area contributed by atoms with Gasteiger partial charge in [-0.1, -0.05) is 12.8 Å². The van der Waals surface area contributed by atoms with Crippen molar-refractivity contribution >= 4 is 27.9 Å². The fourth-order valence-corrected chi connectivity index (χ4v) is 3.46. The van der Waals surface area contributed by atoms with Crippen molar-refractivity contribution in [3.05, 3.63) is 0 Å². The van der Waals surface area contributed by atoms with E-state index in [1.54, 1.807) is 11.6 Å². The van der Waals surface area contributed by atoms with Gasteiger partial charge in [-0.2, -0.15) is 13.1 Å². The second-order valence-corrected chi connectivity index (χ2v) is 6.00. The largest absolute Gasteiger partial charge is 0.449 e. The predicted molar refractivity (Wildman–Crippen MR) is 68.7 cm³/mol. The molecule has 0 radical (unpaired) electrons. The molecule has 2 N–H and O–H groups in total. The molecule has 0 saturated heterocycles. The zero-order chi connectivity index (χ0) is 13.6. The fourth-order valence-electron chi connectivity index (χ4n) is 2.05. The molecule has 0 heterocycles. The lowest BCUT2D eigenvalue weighted by Crippen LogP contribution is -2.49. The first-order valence-electron chi connectivity index (χ1n) is 6.01. The van der Waals surface area contributed by atoms with Crippen LogP contribution in [0.1, 0.15) is 32.6 Å². The van der Waals surface area contributed by atoms with Crippen LogP contribution in [0, 0.1) is 5.92 Å². The standard InChI is InChI=1S/C10H19ClN2O4S/c1-2-17-10(14)13-18(15,16)12-9-6-4-3-5-8(9)7-11/h8-9,12H,2-7H2,1H3,(H,13,14). The Morgan fingerprint density at radius 1 is 1.39 bits per heavy atom. The van der Waals surface area contributed by atoms with Gasteiger partial charge in [-0.25, -0.2) is 9.52 Å². The Kier molecular flexibility index (Phi) is 6.17. The van der Waals surface area contributed by atoms with E-state index in [-0.39, 0.29) is 18.6 Å². The van der Waals surface area contributed by atoms with Crippen LogP contribution in [0.15, 0.2) is 0 Å². The summed E-state index contributed by atoms with van der Waals surface area (Å²) in [6.45, 7) is 1.72. The summed E-state index contributed by atoms with van der Waals surface area (Å²) in [7, 11) is -3.88. The summed E-state index contributed by atoms with van der Waals surface area (Å²) in [5, 5.41) is 0. The minimum absolute atomic E-state index is 0.110. The maximum atomic E-state index is 11.7. The van der Waals surface area contributed by atoms with E-state index in [1.165, 1.54) is 0 Å². The number of alkyl halides is 1. The van der Waals surface area contributed by atoms with Crippen LogP contribution < -0.4 is 9.44 Å². The Balaban J connectivity index is 2.55. The van der Waals surface area contributed by atoms with Crippen molar-refractivity contribution in [2.24, 2.45) is 5.92 Å². The third-order valence-corrected chi connectivity index (χ3v) is 4.35. The van der Waals surface area contributed by atoms with E-state index in [1.807, 2.05) is 0 Å². The number of amides is 1. The van der Waals surface area contributed by atoms with Gasteiger partial charge in [0.05, 0.1) is 6.61 Å². The molecule has 2 atom stereocenters. The summed E-state index contributed by atoms with van der Waals surface area (Å²) >= 11 is 5.81. The van der Waals surface area contributed by atoms with Crippen molar-refractivity contribution in [2.75, 3.05) is 12.5 Å². The molecule has 0 spiro atoms. The van der Waals surface area contributed by atoms with Crippen LogP contribution in [-0.4, -0.2) is 33.0 Å². The van der Waals surface area contributed by atoms with Gasteiger partial charge < -0.3 is 4.74 Å². The van der Waals surface area contributed by atoms with Crippen LogP contribution in [0.2, 0.25) is 0 Å². The van der Waals surface area contributed by atoms with Crippen LogP contribution in [0.25, 0.3) is 0 Å². The first kappa shape index (κ1) is 15.5. The number of carbonyl (C=O) groups is 1. The molecule has 1 amide bonds. The molecule has 1 aliphatic rings. The van der Waals surface area contributed by atoms with Gasteiger partial charge in [0.2, 0.25) is 0 Å². The minimum Gasteiger partial charge on any atom is -0.449 e. The maximum Gasteiger partial charge on any atom is 0.421 e. The zero-order valence-electron chi connectivity index (χ0n) is 10.3. The third kappa shape index (κ3) is 4.99. The van der Waals surface area contributed by atoms with E-state index < -0.39 is 16.3 Å². The van der Waals surface area contributed by atoms with Crippen molar-refractivity contribution in [3.8, 4) is 0 Å². The molecule has 1 saturated carbocycles. The lowest BCUT2D eigenvalue weighted by atomic mass is 9.86. The van der Waals surface area contributed by atoms with Crippen molar-refractivity contribution in [3.63, 3.8) is 0 Å². The SMILES string of the molecule is CCOC(=O)NS(=O)(=O)NC1CCCCC1CCl. The molecule has 1 fully saturated rings. The summed E-state index contributed by atoms with van der Waals surface area (Å²) < 4.78 is 32.2. The molecule has 0 aromatic carbocycles. The number of hydrogen-bond donors (Lipinski definition) is 2. The summed E-state index contributed by atoms with van der Waals surface area (Å²) in [6.07, 6.45) is 2.68. The van der Waals surface area contributed by atoms with Crippen molar-refractivity contribution < 1.29 is 17.9 Å². The highest BCUT2D eigenvalue weighted by atomic mass is 35.5. The van der Waals surface area contributed by atoms with Gasteiger partial charge >= 0.3 is 16.3 Å². The molecule has 1 rings (SSSR count). The summed E-state index contributed by atoms with van der Waals surface area (Å²) in [5.41, 5.74) is 0. The minimum atomic E-state index is -3.88. The molecule has 0 aliphatic heterocycles. The number of ether oxygens (including phenoxy) is 1. The van der Waals surface area contributed by atoms with Gasteiger partial charge in [-0.05, 0) is 25.7 Å². The van der Waals surface area contributed by atoms with Gasteiger partial charge in [0.25, 0.3) is 0 Å². The highest BCUT2D eigenvalue weighted by Gasteiger charge is 2.29. The van der Waals surface area contributed by atoms with Gasteiger partial charge in [-0.15, -0.1) is 11.6 Å². The average molecular weight is 299 g/mol. The molecule has 0 aromatic heterocycles. The number of halogens is 1. The smallest absolute Gasteiger partial charge is 0.421 e. The number of rotatable bonds is 5. The third-order valence-electron chi connectivity index (χ3n) is 2.91. The summed E-state index contributed by atoms with van der Waals surface area (Å²) in [4.78, 5) is 11.1. The lowest BCUT2D eigenvalue weighted by molar-refractivity contribution is 0.158. The quantitative estimate of drug-likeness (QED) is 0.751. The predicted octanol–water partition coefficient (Wildman–Crippen LogP) is 1.36. The number of carbonyl (C=O) groups excluding carboxylic acids is 1. The second kappa shape index (κ2) is 7.16. The van der Waals surface area contributed by atoms with E-state index >= 15 is 0 Å². The van der Waals surface area contributed by atoms with Gasteiger partial charge in [0.15, 0.2) is 0 Å². The molecule has 1 aliphatic carbocycles. The topological polar surface area (TPSA) is 84.5 Å². The van der Waals surface area contributed by atoms with E-state index in [0.717, 1.165) is 25.7 Å². The normalized spacial score (nSPS) is 24.6. The molecular formula is C10H19ClN2O4S. The average Bonchev–Trinajstić information content (AvgIpc) is 2.28. The van der Waals surface area contributed by atoms with Crippen molar-refractivity contribution in [1.29, 1.82) is 0 Å². The Bertz CT molecular complexity index is 374. The number of hydrogen-bond acceptors (Lipinski definition) is 4. The van der Waals surface area contributed by atoms with Gasteiger partial charge in [0, 0.05) is 11.9 Å². The van der Waals surface area contributed by atoms with Gasteiger partial charge in [-0.3, -0.25) is 0 Å². The molecule has 6 nitrogen and oxygen atoms in total. The van der Waals surface area contributed by atoms with Crippen LogP contribution >= 0.6 is 11.6 Å².